The number of ketones is 1. The summed E-state index contributed by atoms with van der Waals surface area (Å²) in [6, 6.07) is 6.90. The molecule has 0 amide bonds. The zero-order valence-electron chi connectivity index (χ0n) is 7.77. The van der Waals surface area contributed by atoms with Crippen LogP contribution in [0.4, 0.5) is 0 Å². The third-order valence-corrected chi connectivity index (χ3v) is 2.13. The molecule has 0 aliphatic rings. The highest BCUT2D eigenvalue weighted by atomic mass is 16.3. The van der Waals surface area contributed by atoms with Crippen molar-refractivity contribution in [3.8, 4) is 0 Å². The topological polar surface area (TPSA) is 43.4 Å². The Morgan fingerprint density at radius 2 is 1.93 bits per heavy atom. The Balaban J connectivity index is 2.21. The summed E-state index contributed by atoms with van der Waals surface area (Å²) in [6.45, 7) is 1.80. The number of hydrogen-bond donors (Lipinski definition) is 0. The summed E-state index contributed by atoms with van der Waals surface area (Å²) in [5, 5.41) is 0. The molecule has 0 aliphatic carbocycles. The van der Waals surface area contributed by atoms with E-state index in [9.17, 15) is 4.79 Å². The van der Waals surface area contributed by atoms with Crippen LogP contribution in [-0.4, -0.2) is 5.78 Å². The van der Waals surface area contributed by atoms with E-state index >= 15 is 0 Å². The Morgan fingerprint density at radius 1 is 1.21 bits per heavy atom. The van der Waals surface area contributed by atoms with Crippen LogP contribution in [0.15, 0.2) is 45.6 Å². The number of Topliss-reactive ketones (excluding diaryl/α,β-unsaturated/α-hetero) is 1. The largest absolute Gasteiger partial charge is 0.469 e. The van der Waals surface area contributed by atoms with E-state index in [0.29, 0.717) is 11.5 Å². The van der Waals surface area contributed by atoms with Gasteiger partial charge in [0.2, 0.25) is 5.78 Å². The van der Waals surface area contributed by atoms with Crippen molar-refractivity contribution >= 4 is 5.78 Å². The van der Waals surface area contributed by atoms with Crippen molar-refractivity contribution < 1.29 is 13.6 Å². The number of rotatable bonds is 3. The van der Waals surface area contributed by atoms with Crippen LogP contribution in [0.1, 0.15) is 29.2 Å². The second-order valence-electron chi connectivity index (χ2n) is 3.08. The zero-order chi connectivity index (χ0) is 9.97. The van der Waals surface area contributed by atoms with Crippen LogP contribution < -0.4 is 0 Å². The summed E-state index contributed by atoms with van der Waals surface area (Å²) in [4.78, 5) is 11.8. The first-order chi connectivity index (χ1) is 6.79. The monoisotopic (exact) mass is 190 g/mol. The lowest BCUT2D eigenvalue weighted by Crippen LogP contribution is -2.07. The Bertz CT molecular complexity index is 398. The molecule has 14 heavy (non-hydrogen) atoms. The van der Waals surface area contributed by atoms with Crippen molar-refractivity contribution in [1.29, 1.82) is 0 Å². The number of furan rings is 2. The molecule has 3 nitrogen and oxygen atoms in total. The molecule has 0 N–H and O–H groups in total. The molecule has 2 heterocycles. The summed E-state index contributed by atoms with van der Waals surface area (Å²) in [5.41, 5.74) is 0. The zero-order valence-corrected chi connectivity index (χ0v) is 7.77. The van der Waals surface area contributed by atoms with Gasteiger partial charge in [0, 0.05) is 0 Å². The van der Waals surface area contributed by atoms with E-state index in [1.165, 1.54) is 6.26 Å². The molecule has 0 saturated heterocycles. The number of carbonyl (C=O) groups is 1. The van der Waals surface area contributed by atoms with E-state index in [2.05, 4.69) is 0 Å². The molecular formula is C11H10O3. The lowest BCUT2D eigenvalue weighted by Gasteiger charge is -2.03. The molecule has 0 spiro atoms. The minimum atomic E-state index is -0.295. The van der Waals surface area contributed by atoms with E-state index in [1.54, 1.807) is 37.5 Å². The van der Waals surface area contributed by atoms with Crippen molar-refractivity contribution in [3.63, 3.8) is 0 Å². The normalized spacial score (nSPS) is 12.6. The Labute approximate surface area is 81.3 Å². The van der Waals surface area contributed by atoms with Gasteiger partial charge < -0.3 is 8.83 Å². The molecule has 1 atom stereocenters. The first-order valence-corrected chi connectivity index (χ1v) is 4.40. The lowest BCUT2D eigenvalue weighted by atomic mass is 10.0. The highest BCUT2D eigenvalue weighted by molar-refractivity contribution is 5.97. The average Bonchev–Trinajstić information content (AvgIpc) is 2.87. The van der Waals surface area contributed by atoms with Gasteiger partial charge in [0.1, 0.15) is 5.76 Å². The Hall–Kier alpha value is -1.77. The molecule has 0 radical (unpaired) electrons. The predicted octanol–water partition coefficient (Wildman–Crippen LogP) is 2.86. The summed E-state index contributed by atoms with van der Waals surface area (Å²) in [5.74, 6) is 0.668. The lowest BCUT2D eigenvalue weighted by molar-refractivity contribution is 0.0930. The standard InChI is InChI=1S/C11H10O3/c1-8(9-4-2-6-13-9)11(12)10-5-3-7-14-10/h2-8H,1H3. The van der Waals surface area contributed by atoms with Gasteiger partial charge in [-0.25, -0.2) is 0 Å². The van der Waals surface area contributed by atoms with E-state index < -0.39 is 0 Å². The summed E-state index contributed by atoms with van der Waals surface area (Å²) >= 11 is 0. The van der Waals surface area contributed by atoms with E-state index in [-0.39, 0.29) is 11.7 Å². The summed E-state index contributed by atoms with van der Waals surface area (Å²) < 4.78 is 10.2. The van der Waals surface area contributed by atoms with Crippen LogP contribution >= 0.6 is 0 Å². The van der Waals surface area contributed by atoms with Crippen molar-refractivity contribution in [2.75, 3.05) is 0 Å². The molecule has 0 bridgehead atoms. The minimum Gasteiger partial charge on any atom is -0.469 e. The van der Waals surface area contributed by atoms with Gasteiger partial charge in [0.25, 0.3) is 0 Å². The fourth-order valence-corrected chi connectivity index (χ4v) is 1.30. The minimum absolute atomic E-state index is 0.0649. The van der Waals surface area contributed by atoms with Gasteiger partial charge in [0.05, 0.1) is 18.4 Å². The second-order valence-corrected chi connectivity index (χ2v) is 3.08. The van der Waals surface area contributed by atoms with Gasteiger partial charge in [-0.1, -0.05) is 0 Å². The van der Waals surface area contributed by atoms with E-state index in [0.717, 1.165) is 0 Å². The van der Waals surface area contributed by atoms with Gasteiger partial charge in [-0.3, -0.25) is 4.79 Å². The average molecular weight is 190 g/mol. The van der Waals surface area contributed by atoms with Crippen molar-refractivity contribution in [2.45, 2.75) is 12.8 Å². The highest BCUT2D eigenvalue weighted by Crippen LogP contribution is 2.20. The van der Waals surface area contributed by atoms with Crippen molar-refractivity contribution in [1.82, 2.24) is 0 Å². The molecule has 0 fully saturated rings. The molecule has 0 aliphatic heterocycles. The third-order valence-electron chi connectivity index (χ3n) is 2.13. The predicted molar refractivity (Wildman–Crippen MR) is 50.2 cm³/mol. The molecule has 2 aromatic rings. The molecular weight excluding hydrogens is 180 g/mol. The fourth-order valence-electron chi connectivity index (χ4n) is 1.30. The SMILES string of the molecule is CC(C(=O)c1ccco1)c1ccco1. The molecule has 0 saturated carbocycles. The van der Waals surface area contributed by atoms with Gasteiger partial charge in [-0.15, -0.1) is 0 Å². The van der Waals surface area contributed by atoms with E-state index in [1.807, 2.05) is 0 Å². The maximum Gasteiger partial charge on any atom is 0.208 e. The molecule has 2 rings (SSSR count). The van der Waals surface area contributed by atoms with Gasteiger partial charge in [-0.05, 0) is 31.2 Å². The van der Waals surface area contributed by atoms with Crippen LogP contribution in [0.25, 0.3) is 0 Å². The number of hydrogen-bond acceptors (Lipinski definition) is 3. The molecule has 3 heteroatoms. The van der Waals surface area contributed by atoms with Crippen LogP contribution in [0.3, 0.4) is 0 Å². The fraction of sp³-hybridized carbons (Fsp3) is 0.182. The van der Waals surface area contributed by atoms with Gasteiger partial charge in [0.15, 0.2) is 5.76 Å². The summed E-state index contributed by atoms with van der Waals surface area (Å²) in [7, 11) is 0. The molecule has 72 valence electrons. The molecule has 0 aromatic carbocycles. The van der Waals surface area contributed by atoms with Crippen LogP contribution in [0.5, 0.6) is 0 Å². The smallest absolute Gasteiger partial charge is 0.208 e. The second kappa shape index (κ2) is 3.54. The van der Waals surface area contributed by atoms with Crippen LogP contribution in [0, 0.1) is 0 Å². The quantitative estimate of drug-likeness (QED) is 0.699. The maximum absolute atomic E-state index is 11.8. The van der Waals surface area contributed by atoms with E-state index in [4.69, 9.17) is 8.83 Å². The Kier molecular flexibility index (Phi) is 2.23. The van der Waals surface area contributed by atoms with Crippen molar-refractivity contribution in [2.24, 2.45) is 0 Å². The van der Waals surface area contributed by atoms with Gasteiger partial charge in [-0.2, -0.15) is 0 Å². The van der Waals surface area contributed by atoms with Crippen LogP contribution in [-0.2, 0) is 0 Å². The van der Waals surface area contributed by atoms with Crippen molar-refractivity contribution in [3.05, 3.63) is 48.3 Å². The summed E-state index contributed by atoms with van der Waals surface area (Å²) in [6.07, 6.45) is 3.04. The third kappa shape index (κ3) is 1.48. The van der Waals surface area contributed by atoms with Crippen LogP contribution in [0.2, 0.25) is 0 Å². The highest BCUT2D eigenvalue weighted by Gasteiger charge is 2.21. The molecule has 2 aromatic heterocycles. The molecule has 1 unspecified atom stereocenters. The maximum atomic E-state index is 11.8. The first kappa shape index (κ1) is 8.81. The number of carbonyl (C=O) groups excluding carboxylic acids is 1. The Morgan fingerprint density at radius 3 is 2.50 bits per heavy atom. The first-order valence-electron chi connectivity index (χ1n) is 4.40. The van der Waals surface area contributed by atoms with Gasteiger partial charge >= 0.3 is 0 Å².